The third-order valence-corrected chi connectivity index (χ3v) is 4.79. The Morgan fingerprint density at radius 1 is 1.14 bits per heavy atom. The lowest BCUT2D eigenvalue weighted by Gasteiger charge is -2.20. The summed E-state index contributed by atoms with van der Waals surface area (Å²) in [7, 11) is 0. The normalized spacial score (nSPS) is 22.0. The molecule has 1 aliphatic rings. The van der Waals surface area contributed by atoms with E-state index < -0.39 is 0 Å². The maximum atomic E-state index is 6.39. The van der Waals surface area contributed by atoms with Crippen molar-refractivity contribution in [3.8, 4) is 0 Å². The first-order chi connectivity index (χ1) is 10.2. The van der Waals surface area contributed by atoms with Gasteiger partial charge in [-0.2, -0.15) is 0 Å². The zero-order valence-electron chi connectivity index (χ0n) is 12.0. The second-order valence-corrected chi connectivity index (χ2v) is 6.46. The van der Waals surface area contributed by atoms with E-state index >= 15 is 0 Å². The monoisotopic (exact) mass is 319 g/mol. The zero-order chi connectivity index (χ0) is 14.8. The van der Waals surface area contributed by atoms with Gasteiger partial charge in [-0.05, 0) is 54.1 Å². The minimum absolute atomic E-state index is 0.270. The van der Waals surface area contributed by atoms with Crippen molar-refractivity contribution in [2.75, 3.05) is 6.54 Å². The van der Waals surface area contributed by atoms with Gasteiger partial charge in [-0.25, -0.2) is 0 Å². The SMILES string of the molecule is CCNC(c1cc(Cl)ccc1Cl)C1CC1c1ccccc1. The molecule has 3 unspecified atom stereocenters. The summed E-state index contributed by atoms with van der Waals surface area (Å²) in [6, 6.07) is 16.7. The van der Waals surface area contributed by atoms with E-state index in [-0.39, 0.29) is 6.04 Å². The fourth-order valence-electron chi connectivity index (χ4n) is 3.13. The summed E-state index contributed by atoms with van der Waals surface area (Å²) in [6.07, 6.45) is 1.20. The third kappa shape index (κ3) is 3.26. The van der Waals surface area contributed by atoms with E-state index in [1.165, 1.54) is 12.0 Å². The molecule has 1 N–H and O–H groups in total. The molecule has 0 saturated heterocycles. The van der Waals surface area contributed by atoms with Crippen LogP contribution in [0.4, 0.5) is 0 Å². The fourth-order valence-corrected chi connectivity index (χ4v) is 3.55. The van der Waals surface area contributed by atoms with Crippen molar-refractivity contribution in [2.45, 2.75) is 25.3 Å². The predicted octanol–water partition coefficient (Wildman–Crippen LogP) is 5.45. The van der Waals surface area contributed by atoms with Crippen LogP contribution < -0.4 is 5.32 Å². The summed E-state index contributed by atoms with van der Waals surface area (Å²) in [5, 5.41) is 5.13. The molecule has 1 fully saturated rings. The summed E-state index contributed by atoms with van der Waals surface area (Å²) in [5.74, 6) is 1.20. The van der Waals surface area contributed by atoms with Crippen molar-refractivity contribution in [1.29, 1.82) is 0 Å². The first-order valence-corrected chi connectivity index (χ1v) is 8.19. The molecule has 0 aromatic heterocycles. The van der Waals surface area contributed by atoms with Gasteiger partial charge in [-0.3, -0.25) is 0 Å². The highest BCUT2D eigenvalue weighted by atomic mass is 35.5. The molecule has 0 aliphatic heterocycles. The second kappa shape index (κ2) is 6.39. The van der Waals surface area contributed by atoms with Gasteiger partial charge in [0.1, 0.15) is 0 Å². The van der Waals surface area contributed by atoms with Gasteiger partial charge in [0.2, 0.25) is 0 Å². The summed E-state index contributed by atoms with van der Waals surface area (Å²) in [5.41, 5.74) is 2.54. The molecule has 0 radical (unpaired) electrons. The third-order valence-electron chi connectivity index (χ3n) is 4.21. The largest absolute Gasteiger partial charge is 0.310 e. The highest BCUT2D eigenvalue weighted by molar-refractivity contribution is 6.33. The van der Waals surface area contributed by atoms with Crippen molar-refractivity contribution in [3.63, 3.8) is 0 Å². The number of hydrogen-bond donors (Lipinski definition) is 1. The zero-order valence-corrected chi connectivity index (χ0v) is 13.5. The van der Waals surface area contributed by atoms with Gasteiger partial charge in [0.25, 0.3) is 0 Å². The van der Waals surface area contributed by atoms with Gasteiger partial charge in [0.05, 0.1) is 0 Å². The Morgan fingerprint density at radius 2 is 1.90 bits per heavy atom. The van der Waals surface area contributed by atoms with Crippen LogP contribution in [0.15, 0.2) is 48.5 Å². The minimum atomic E-state index is 0.270. The molecule has 0 heterocycles. The second-order valence-electron chi connectivity index (χ2n) is 5.62. The van der Waals surface area contributed by atoms with E-state index in [1.54, 1.807) is 0 Å². The molecule has 2 aromatic carbocycles. The van der Waals surface area contributed by atoms with E-state index in [4.69, 9.17) is 23.2 Å². The Hall–Kier alpha value is -1.02. The number of rotatable bonds is 5. The van der Waals surface area contributed by atoms with Crippen LogP contribution in [0.5, 0.6) is 0 Å². The Morgan fingerprint density at radius 3 is 2.62 bits per heavy atom. The Kier molecular flexibility index (Phi) is 4.54. The van der Waals surface area contributed by atoms with Crippen LogP contribution in [0.3, 0.4) is 0 Å². The van der Waals surface area contributed by atoms with Crippen LogP contribution in [0.2, 0.25) is 10.0 Å². The Balaban J connectivity index is 1.85. The number of hydrogen-bond acceptors (Lipinski definition) is 1. The Labute approximate surface area is 136 Å². The molecular weight excluding hydrogens is 301 g/mol. The summed E-state index contributed by atoms with van der Waals surface area (Å²) in [6.45, 7) is 3.05. The smallest absolute Gasteiger partial charge is 0.0454 e. The van der Waals surface area contributed by atoms with Crippen molar-refractivity contribution in [1.82, 2.24) is 5.32 Å². The molecule has 3 heteroatoms. The topological polar surface area (TPSA) is 12.0 Å². The van der Waals surface area contributed by atoms with Gasteiger partial charge >= 0.3 is 0 Å². The van der Waals surface area contributed by atoms with E-state index in [0.717, 1.165) is 22.2 Å². The molecule has 110 valence electrons. The molecule has 0 amide bonds. The van der Waals surface area contributed by atoms with Gasteiger partial charge in [0.15, 0.2) is 0 Å². The van der Waals surface area contributed by atoms with E-state index in [1.807, 2.05) is 18.2 Å². The Bertz CT molecular complexity index is 612. The first kappa shape index (κ1) is 14.9. The molecule has 21 heavy (non-hydrogen) atoms. The summed E-state index contributed by atoms with van der Waals surface area (Å²) in [4.78, 5) is 0. The average Bonchev–Trinajstić information content (AvgIpc) is 3.29. The first-order valence-electron chi connectivity index (χ1n) is 7.44. The van der Waals surface area contributed by atoms with Crippen molar-refractivity contribution < 1.29 is 0 Å². The maximum Gasteiger partial charge on any atom is 0.0454 e. The molecule has 0 bridgehead atoms. The molecule has 3 rings (SSSR count). The van der Waals surface area contributed by atoms with E-state index in [0.29, 0.717) is 11.8 Å². The molecule has 1 aliphatic carbocycles. The van der Waals surface area contributed by atoms with E-state index in [2.05, 4.69) is 42.6 Å². The van der Waals surface area contributed by atoms with E-state index in [9.17, 15) is 0 Å². The lowest BCUT2D eigenvalue weighted by molar-refractivity contribution is 0.487. The van der Waals surface area contributed by atoms with Gasteiger partial charge in [-0.1, -0.05) is 60.5 Å². The van der Waals surface area contributed by atoms with Crippen LogP contribution >= 0.6 is 23.2 Å². The quantitative estimate of drug-likeness (QED) is 0.772. The molecule has 3 atom stereocenters. The van der Waals surface area contributed by atoms with Gasteiger partial charge in [0, 0.05) is 16.1 Å². The van der Waals surface area contributed by atoms with Gasteiger partial charge < -0.3 is 5.32 Å². The van der Waals surface area contributed by atoms with Gasteiger partial charge in [-0.15, -0.1) is 0 Å². The van der Waals surface area contributed by atoms with Crippen LogP contribution in [0.1, 0.15) is 36.4 Å². The van der Waals surface area contributed by atoms with Crippen molar-refractivity contribution in [2.24, 2.45) is 5.92 Å². The van der Waals surface area contributed by atoms with Crippen LogP contribution in [-0.4, -0.2) is 6.54 Å². The predicted molar refractivity (Wildman–Crippen MR) is 90.2 cm³/mol. The average molecular weight is 320 g/mol. The number of nitrogens with one attached hydrogen (secondary N) is 1. The number of benzene rings is 2. The van der Waals surface area contributed by atoms with Crippen LogP contribution in [0, 0.1) is 5.92 Å². The van der Waals surface area contributed by atoms with Crippen LogP contribution in [0.25, 0.3) is 0 Å². The lowest BCUT2D eigenvalue weighted by atomic mass is 9.98. The summed E-state index contributed by atoms with van der Waals surface area (Å²) >= 11 is 12.5. The number of halogens is 2. The maximum absolute atomic E-state index is 6.39. The highest BCUT2D eigenvalue weighted by Crippen LogP contribution is 2.54. The molecule has 1 saturated carbocycles. The molecule has 2 aromatic rings. The highest BCUT2D eigenvalue weighted by Gasteiger charge is 2.44. The lowest BCUT2D eigenvalue weighted by Crippen LogP contribution is -2.23. The molecule has 0 spiro atoms. The van der Waals surface area contributed by atoms with Crippen molar-refractivity contribution in [3.05, 3.63) is 69.7 Å². The minimum Gasteiger partial charge on any atom is -0.310 e. The molecule has 1 nitrogen and oxygen atoms in total. The van der Waals surface area contributed by atoms with Crippen molar-refractivity contribution >= 4 is 23.2 Å². The fraction of sp³-hybridized carbons (Fsp3) is 0.333. The molecular formula is C18H19Cl2N. The summed E-state index contributed by atoms with van der Waals surface area (Å²) < 4.78 is 0. The standard InChI is InChI=1S/C18H19Cl2N/c1-2-21-18(16-10-13(19)8-9-17(16)20)15-11-14(15)12-6-4-3-5-7-12/h3-10,14-15,18,21H,2,11H2,1H3. The van der Waals surface area contributed by atoms with Crippen LogP contribution in [-0.2, 0) is 0 Å².